The average Bonchev–Trinajstić information content (AvgIpc) is 2.99. The zero-order valence-corrected chi connectivity index (χ0v) is 17.0. The van der Waals surface area contributed by atoms with Gasteiger partial charge in [-0.25, -0.2) is 4.98 Å². The Morgan fingerprint density at radius 3 is 2.54 bits per heavy atom. The molecule has 1 amide bonds. The minimum atomic E-state index is -0.535. The van der Waals surface area contributed by atoms with Crippen LogP contribution in [0.1, 0.15) is 32.6 Å². The number of para-hydroxylation sites is 1. The Morgan fingerprint density at radius 1 is 1.18 bits per heavy atom. The van der Waals surface area contributed by atoms with Crippen LogP contribution in [0.5, 0.6) is 0 Å². The first kappa shape index (κ1) is 20.4. The molecule has 2 heterocycles. The average molecular weight is 404 g/mol. The summed E-state index contributed by atoms with van der Waals surface area (Å²) < 4.78 is 6.02. The van der Waals surface area contributed by atoms with Gasteiger partial charge in [0.05, 0.1) is 23.3 Å². The summed E-state index contributed by atoms with van der Waals surface area (Å²) in [4.78, 5) is 44.1. The topological polar surface area (TPSA) is 81.5 Å². The Hall–Kier alpha value is -2.35. The highest BCUT2D eigenvalue weighted by Crippen LogP contribution is 2.25. The summed E-state index contributed by atoms with van der Waals surface area (Å²) in [6.07, 6.45) is 4.33. The first-order valence-corrected chi connectivity index (χ1v) is 10.4. The van der Waals surface area contributed by atoms with Gasteiger partial charge in [0.2, 0.25) is 5.91 Å². The quantitative estimate of drug-likeness (QED) is 0.433. The van der Waals surface area contributed by atoms with E-state index in [-0.39, 0.29) is 18.0 Å². The maximum absolute atomic E-state index is 12.9. The molecule has 0 unspecified atom stereocenters. The molecule has 1 aliphatic rings. The molecule has 1 saturated heterocycles. The van der Waals surface area contributed by atoms with Crippen LogP contribution in [0.3, 0.4) is 0 Å². The summed E-state index contributed by atoms with van der Waals surface area (Å²) in [6.45, 7) is 3.12. The highest BCUT2D eigenvalue weighted by atomic mass is 32.2. The molecule has 1 aromatic carbocycles. The van der Waals surface area contributed by atoms with E-state index in [1.54, 1.807) is 24.3 Å². The van der Waals surface area contributed by atoms with Gasteiger partial charge in [-0.05, 0) is 31.9 Å². The Kier molecular flexibility index (Phi) is 6.72. The van der Waals surface area contributed by atoms with Crippen LogP contribution < -0.4 is 5.56 Å². The molecule has 0 N–H and O–H groups in total. The summed E-state index contributed by atoms with van der Waals surface area (Å²) in [6, 6.07) is 7.00. The number of esters is 1. The molecule has 1 aromatic heterocycles. The van der Waals surface area contributed by atoms with E-state index in [1.165, 1.54) is 23.4 Å². The third-order valence-corrected chi connectivity index (χ3v) is 5.97. The van der Waals surface area contributed by atoms with E-state index in [4.69, 9.17) is 4.74 Å². The van der Waals surface area contributed by atoms with Crippen LogP contribution in [0.25, 0.3) is 10.9 Å². The number of hydrogen-bond donors (Lipinski definition) is 0. The fourth-order valence-corrected chi connectivity index (χ4v) is 4.32. The van der Waals surface area contributed by atoms with E-state index in [0.717, 1.165) is 38.8 Å². The van der Waals surface area contributed by atoms with E-state index in [9.17, 15) is 14.4 Å². The maximum Gasteiger partial charge on any atom is 0.325 e. The van der Waals surface area contributed by atoms with Crippen molar-refractivity contribution >= 4 is 34.5 Å². The van der Waals surface area contributed by atoms with Gasteiger partial charge in [-0.2, -0.15) is 0 Å². The number of aromatic nitrogens is 2. The number of thioether (sulfide) groups is 1. The second kappa shape index (κ2) is 9.23. The molecule has 150 valence electrons. The van der Waals surface area contributed by atoms with E-state index >= 15 is 0 Å². The standard InChI is InChI=1S/C20H25N3O4S/c1-14(18(25)22-11-7-3-4-8-12-22)28-20-21-16-10-6-5-9-15(16)19(26)23(20)13-17(24)27-2/h5-6,9-10,14H,3-4,7-8,11-13H2,1-2H3/t14-/m1/s1. The summed E-state index contributed by atoms with van der Waals surface area (Å²) in [5.41, 5.74) is 0.235. The third kappa shape index (κ3) is 4.55. The second-order valence-corrected chi connectivity index (χ2v) is 8.19. The minimum Gasteiger partial charge on any atom is -0.468 e. The van der Waals surface area contributed by atoms with Gasteiger partial charge in [0.1, 0.15) is 6.54 Å². The monoisotopic (exact) mass is 403 g/mol. The lowest BCUT2D eigenvalue weighted by Crippen LogP contribution is -2.37. The Morgan fingerprint density at radius 2 is 1.86 bits per heavy atom. The van der Waals surface area contributed by atoms with Crippen LogP contribution in [-0.2, 0) is 20.9 Å². The van der Waals surface area contributed by atoms with E-state index in [2.05, 4.69) is 4.98 Å². The van der Waals surface area contributed by atoms with Gasteiger partial charge in [0, 0.05) is 13.1 Å². The molecule has 0 bridgehead atoms. The van der Waals surface area contributed by atoms with Gasteiger partial charge in [0.15, 0.2) is 5.16 Å². The summed E-state index contributed by atoms with van der Waals surface area (Å²) in [5.74, 6) is -0.494. The van der Waals surface area contributed by atoms with Crippen molar-refractivity contribution in [2.24, 2.45) is 0 Å². The lowest BCUT2D eigenvalue weighted by atomic mass is 10.2. The Balaban J connectivity index is 1.91. The smallest absolute Gasteiger partial charge is 0.325 e. The number of nitrogens with zero attached hydrogens (tertiary/aromatic N) is 3. The molecular weight excluding hydrogens is 378 g/mol. The Bertz CT molecular complexity index is 919. The Labute approximate surface area is 168 Å². The number of likely N-dealkylation sites (tertiary alicyclic amines) is 1. The number of amides is 1. The molecule has 2 aromatic rings. The van der Waals surface area contributed by atoms with Crippen molar-refractivity contribution in [3.05, 3.63) is 34.6 Å². The van der Waals surface area contributed by atoms with Crippen LogP contribution in [0.4, 0.5) is 0 Å². The molecule has 0 spiro atoms. The van der Waals surface area contributed by atoms with E-state index in [0.29, 0.717) is 16.1 Å². The first-order valence-electron chi connectivity index (χ1n) is 9.53. The van der Waals surface area contributed by atoms with Crippen LogP contribution in [0.15, 0.2) is 34.2 Å². The van der Waals surface area contributed by atoms with Crippen LogP contribution >= 0.6 is 11.8 Å². The predicted molar refractivity (Wildman–Crippen MR) is 108 cm³/mol. The second-order valence-electron chi connectivity index (χ2n) is 6.88. The lowest BCUT2D eigenvalue weighted by Gasteiger charge is -2.24. The third-order valence-electron chi connectivity index (χ3n) is 4.89. The molecular formula is C20H25N3O4S. The van der Waals surface area contributed by atoms with Crippen LogP contribution in [0, 0.1) is 0 Å². The largest absolute Gasteiger partial charge is 0.468 e. The van der Waals surface area contributed by atoms with Crippen LogP contribution in [-0.4, -0.2) is 51.8 Å². The number of fused-ring (bicyclic) bond motifs is 1. The lowest BCUT2D eigenvalue weighted by molar-refractivity contribution is -0.141. The number of methoxy groups -OCH3 is 1. The number of ether oxygens (including phenoxy) is 1. The van der Waals surface area contributed by atoms with Gasteiger partial charge in [0.25, 0.3) is 5.56 Å². The SMILES string of the molecule is COC(=O)Cn1c(S[C@H](C)C(=O)N2CCCCCC2)nc2ccccc2c1=O. The molecule has 0 saturated carbocycles. The van der Waals surface area contributed by atoms with Gasteiger partial charge >= 0.3 is 5.97 Å². The zero-order valence-electron chi connectivity index (χ0n) is 16.2. The molecule has 7 nitrogen and oxygen atoms in total. The highest BCUT2D eigenvalue weighted by molar-refractivity contribution is 8.00. The molecule has 1 atom stereocenters. The van der Waals surface area contributed by atoms with Crippen molar-refractivity contribution in [2.75, 3.05) is 20.2 Å². The summed E-state index contributed by atoms with van der Waals surface area (Å²) in [7, 11) is 1.28. The molecule has 3 rings (SSSR count). The molecule has 0 radical (unpaired) electrons. The summed E-state index contributed by atoms with van der Waals surface area (Å²) >= 11 is 1.21. The van der Waals surface area contributed by atoms with Gasteiger partial charge < -0.3 is 9.64 Å². The predicted octanol–water partition coefficient (Wildman–Crippen LogP) is 2.45. The van der Waals surface area contributed by atoms with E-state index < -0.39 is 11.2 Å². The number of rotatable bonds is 5. The first-order chi connectivity index (χ1) is 13.5. The van der Waals surface area contributed by atoms with Crippen molar-refractivity contribution < 1.29 is 14.3 Å². The van der Waals surface area contributed by atoms with Gasteiger partial charge in [-0.3, -0.25) is 19.0 Å². The maximum atomic E-state index is 12.9. The fourth-order valence-electron chi connectivity index (χ4n) is 3.33. The van der Waals surface area contributed by atoms with Crippen molar-refractivity contribution in [3.8, 4) is 0 Å². The highest BCUT2D eigenvalue weighted by Gasteiger charge is 2.25. The van der Waals surface area contributed by atoms with Crippen molar-refractivity contribution in [2.45, 2.75) is 49.6 Å². The molecule has 8 heteroatoms. The molecule has 28 heavy (non-hydrogen) atoms. The van der Waals surface area contributed by atoms with Crippen molar-refractivity contribution in [1.82, 2.24) is 14.5 Å². The number of hydrogen-bond acceptors (Lipinski definition) is 6. The van der Waals surface area contributed by atoms with Gasteiger partial charge in [-0.15, -0.1) is 0 Å². The number of carbonyl (C=O) groups excluding carboxylic acids is 2. The zero-order chi connectivity index (χ0) is 20.1. The van der Waals surface area contributed by atoms with Crippen LogP contribution in [0.2, 0.25) is 0 Å². The molecule has 1 aliphatic heterocycles. The van der Waals surface area contributed by atoms with E-state index in [1.807, 2.05) is 11.8 Å². The van der Waals surface area contributed by atoms with Crippen molar-refractivity contribution in [3.63, 3.8) is 0 Å². The van der Waals surface area contributed by atoms with Gasteiger partial charge in [-0.1, -0.05) is 36.7 Å². The minimum absolute atomic E-state index is 0.0407. The summed E-state index contributed by atoms with van der Waals surface area (Å²) in [5, 5.41) is 0.377. The normalized spacial score (nSPS) is 15.9. The molecule has 0 aliphatic carbocycles. The fraction of sp³-hybridized carbons (Fsp3) is 0.500. The number of carbonyl (C=O) groups is 2. The van der Waals surface area contributed by atoms with Crippen molar-refractivity contribution in [1.29, 1.82) is 0 Å². The molecule has 1 fully saturated rings. The number of benzene rings is 1.